The molecule has 0 radical (unpaired) electrons. The lowest BCUT2D eigenvalue weighted by Crippen LogP contribution is -2.28. The van der Waals surface area contributed by atoms with E-state index in [0.717, 1.165) is 12.1 Å². The third-order valence-corrected chi connectivity index (χ3v) is 3.56. The van der Waals surface area contributed by atoms with Crippen LogP contribution in [-0.4, -0.2) is 14.5 Å². The van der Waals surface area contributed by atoms with E-state index >= 15 is 0 Å². The minimum absolute atomic E-state index is 0.135. The van der Waals surface area contributed by atoms with Crippen molar-refractivity contribution >= 4 is 21.6 Å². The molecule has 0 fully saturated rings. The molecule has 4 nitrogen and oxygen atoms in total. The lowest BCUT2D eigenvalue weighted by atomic mass is 10.3. The predicted octanol–water partition coefficient (Wildman–Crippen LogP) is 2.49. The van der Waals surface area contributed by atoms with Crippen molar-refractivity contribution in [2.24, 2.45) is 0 Å². The average molecular weight is 282 g/mol. The van der Waals surface area contributed by atoms with E-state index in [-0.39, 0.29) is 11.1 Å². The number of nitrogens with one attached hydrogen (secondary N) is 1. The van der Waals surface area contributed by atoms with Crippen molar-refractivity contribution in [1.29, 1.82) is 0 Å². The molecule has 1 unspecified atom stereocenters. The van der Waals surface area contributed by atoms with Crippen LogP contribution < -0.4 is 4.89 Å². The second-order valence-electron chi connectivity index (χ2n) is 3.50. The van der Waals surface area contributed by atoms with Crippen LogP contribution in [0.1, 0.15) is 20.3 Å². The fourth-order valence-electron chi connectivity index (χ4n) is 0.957. The number of sulfonamides is 1. The van der Waals surface area contributed by atoms with Crippen molar-refractivity contribution in [3.63, 3.8) is 0 Å². The molecule has 1 atom stereocenters. The van der Waals surface area contributed by atoms with Gasteiger partial charge in [-0.15, -0.1) is 0 Å². The van der Waals surface area contributed by atoms with Gasteiger partial charge in [-0.1, -0.05) is 23.4 Å². The highest BCUT2D eigenvalue weighted by Gasteiger charge is 2.20. The highest BCUT2D eigenvalue weighted by atomic mass is 35.5. The predicted molar refractivity (Wildman–Crippen MR) is 62.6 cm³/mol. The summed E-state index contributed by atoms with van der Waals surface area (Å²) < 4.78 is 36.7. The number of benzene rings is 1. The van der Waals surface area contributed by atoms with Gasteiger partial charge in [0.05, 0.1) is 6.10 Å². The minimum Gasteiger partial charge on any atom is -0.284 e. The van der Waals surface area contributed by atoms with E-state index in [9.17, 15) is 12.8 Å². The quantitative estimate of drug-likeness (QED) is 0.844. The second kappa shape index (κ2) is 5.77. The Hall–Kier alpha value is -0.690. The van der Waals surface area contributed by atoms with Crippen LogP contribution in [0.3, 0.4) is 0 Å². The van der Waals surface area contributed by atoms with Gasteiger partial charge in [-0.25, -0.2) is 12.8 Å². The molecular weight excluding hydrogens is 269 g/mol. The first-order valence-electron chi connectivity index (χ1n) is 4.99. The van der Waals surface area contributed by atoms with Gasteiger partial charge in [-0.2, -0.15) is 0 Å². The molecule has 0 aliphatic carbocycles. The molecule has 0 aliphatic rings. The van der Waals surface area contributed by atoms with Crippen molar-refractivity contribution in [1.82, 2.24) is 4.89 Å². The van der Waals surface area contributed by atoms with Crippen molar-refractivity contribution in [3.8, 4) is 0 Å². The molecule has 1 N–H and O–H groups in total. The van der Waals surface area contributed by atoms with Crippen molar-refractivity contribution in [2.75, 3.05) is 0 Å². The topological polar surface area (TPSA) is 55.4 Å². The van der Waals surface area contributed by atoms with Crippen molar-refractivity contribution in [2.45, 2.75) is 31.3 Å². The summed E-state index contributed by atoms with van der Waals surface area (Å²) in [6.45, 7) is 3.52. The van der Waals surface area contributed by atoms with Crippen molar-refractivity contribution in [3.05, 3.63) is 29.0 Å². The Morgan fingerprint density at radius 1 is 1.53 bits per heavy atom. The maximum absolute atomic E-state index is 13.3. The maximum Gasteiger partial charge on any atom is 0.265 e. The number of hydrogen-bond acceptors (Lipinski definition) is 3. The number of halogens is 2. The minimum atomic E-state index is -4.05. The first kappa shape index (κ1) is 14.4. The summed E-state index contributed by atoms with van der Waals surface area (Å²) in [5.74, 6) is -0.880. The molecule has 1 aromatic rings. The van der Waals surface area contributed by atoms with Gasteiger partial charge in [0.2, 0.25) is 0 Å². The molecule has 96 valence electrons. The highest BCUT2D eigenvalue weighted by Crippen LogP contribution is 2.19. The van der Waals surface area contributed by atoms with Gasteiger partial charge in [0.15, 0.2) is 0 Å². The molecular formula is C10H13ClFNO3S. The molecule has 0 saturated carbocycles. The van der Waals surface area contributed by atoms with E-state index in [0.29, 0.717) is 6.42 Å². The zero-order chi connectivity index (χ0) is 13.1. The molecule has 17 heavy (non-hydrogen) atoms. The maximum atomic E-state index is 13.3. The van der Waals surface area contributed by atoms with Crippen LogP contribution in [0.4, 0.5) is 4.39 Å². The largest absolute Gasteiger partial charge is 0.284 e. The fourth-order valence-corrected chi connectivity index (χ4v) is 2.18. The molecule has 0 bridgehead atoms. The van der Waals surface area contributed by atoms with E-state index in [1.165, 1.54) is 6.07 Å². The normalized spacial score (nSPS) is 13.6. The Bertz CT molecular complexity index is 492. The monoisotopic (exact) mass is 281 g/mol. The molecule has 0 spiro atoms. The lowest BCUT2D eigenvalue weighted by Gasteiger charge is -2.12. The van der Waals surface area contributed by atoms with Gasteiger partial charge in [-0.3, -0.25) is 4.84 Å². The van der Waals surface area contributed by atoms with E-state index in [4.69, 9.17) is 16.4 Å². The van der Waals surface area contributed by atoms with Crippen LogP contribution >= 0.6 is 11.6 Å². The van der Waals surface area contributed by atoms with E-state index < -0.39 is 20.7 Å². The average Bonchev–Trinajstić information content (AvgIpc) is 2.29. The molecule has 1 rings (SSSR count). The SMILES string of the molecule is CCC(C)ONS(=O)(=O)c1cc(Cl)ccc1F. The lowest BCUT2D eigenvalue weighted by molar-refractivity contribution is 0.0271. The van der Waals surface area contributed by atoms with Crippen molar-refractivity contribution < 1.29 is 17.6 Å². The van der Waals surface area contributed by atoms with Crippen LogP contribution in [-0.2, 0) is 14.9 Å². The van der Waals surface area contributed by atoms with E-state index in [2.05, 4.69) is 0 Å². The van der Waals surface area contributed by atoms with Gasteiger partial charge in [0.1, 0.15) is 10.7 Å². The third-order valence-electron chi connectivity index (χ3n) is 2.12. The van der Waals surface area contributed by atoms with Gasteiger partial charge >= 0.3 is 0 Å². The fraction of sp³-hybridized carbons (Fsp3) is 0.400. The Morgan fingerprint density at radius 3 is 2.76 bits per heavy atom. The molecule has 1 aromatic carbocycles. The van der Waals surface area contributed by atoms with Crippen LogP contribution in [0.5, 0.6) is 0 Å². The zero-order valence-corrected chi connectivity index (χ0v) is 11.0. The van der Waals surface area contributed by atoms with Gasteiger partial charge < -0.3 is 0 Å². The second-order valence-corrected chi connectivity index (χ2v) is 5.55. The van der Waals surface area contributed by atoms with Crippen LogP contribution in [0.15, 0.2) is 23.1 Å². The van der Waals surface area contributed by atoms with Gasteiger partial charge in [0, 0.05) is 5.02 Å². The first-order chi connectivity index (χ1) is 7.86. The molecule has 0 aliphatic heterocycles. The van der Waals surface area contributed by atoms with Crippen LogP contribution in [0.25, 0.3) is 0 Å². The number of hydrogen-bond donors (Lipinski definition) is 1. The summed E-state index contributed by atoms with van der Waals surface area (Å²) in [6.07, 6.45) is 0.326. The third kappa shape index (κ3) is 3.92. The van der Waals surface area contributed by atoms with Gasteiger partial charge in [0.25, 0.3) is 10.0 Å². The Kier molecular flexibility index (Phi) is 4.88. The Morgan fingerprint density at radius 2 is 2.18 bits per heavy atom. The zero-order valence-electron chi connectivity index (χ0n) is 9.41. The standard InChI is InChI=1S/C10H13ClFNO3S/c1-3-7(2)16-13-17(14,15)10-6-8(11)4-5-9(10)12/h4-7,13H,3H2,1-2H3. The summed E-state index contributed by atoms with van der Waals surface area (Å²) in [5, 5.41) is 0.135. The molecule has 0 saturated heterocycles. The number of rotatable bonds is 5. The summed E-state index contributed by atoms with van der Waals surface area (Å²) in [4.78, 5) is 6.19. The summed E-state index contributed by atoms with van der Waals surface area (Å²) >= 11 is 5.61. The highest BCUT2D eigenvalue weighted by molar-refractivity contribution is 7.89. The smallest absolute Gasteiger partial charge is 0.265 e. The molecule has 7 heteroatoms. The first-order valence-corrected chi connectivity index (χ1v) is 6.85. The van der Waals surface area contributed by atoms with E-state index in [1.54, 1.807) is 6.92 Å². The molecule has 0 aromatic heterocycles. The van der Waals surface area contributed by atoms with E-state index in [1.807, 2.05) is 11.8 Å². The Balaban J connectivity index is 2.93. The summed E-state index contributed by atoms with van der Waals surface area (Å²) in [7, 11) is -4.05. The molecule has 0 heterocycles. The van der Waals surface area contributed by atoms with Gasteiger partial charge in [-0.05, 0) is 31.5 Å². The molecule has 0 amide bonds. The summed E-state index contributed by atoms with van der Waals surface area (Å²) in [6, 6.07) is 3.28. The summed E-state index contributed by atoms with van der Waals surface area (Å²) in [5.41, 5.74) is 0. The Labute approximate surface area is 105 Å². The van der Waals surface area contributed by atoms with Crippen LogP contribution in [0.2, 0.25) is 5.02 Å². The van der Waals surface area contributed by atoms with Crippen LogP contribution in [0, 0.1) is 5.82 Å².